The van der Waals surface area contributed by atoms with Gasteiger partial charge in [-0.2, -0.15) is 0 Å². The summed E-state index contributed by atoms with van der Waals surface area (Å²) in [6.45, 7) is 4.16. The Bertz CT molecular complexity index is 870. The van der Waals surface area contributed by atoms with Crippen molar-refractivity contribution >= 4 is 28.9 Å². The topological polar surface area (TPSA) is 55.9 Å². The van der Waals surface area contributed by atoms with E-state index in [1.54, 1.807) is 18.0 Å². The van der Waals surface area contributed by atoms with Gasteiger partial charge in [0.1, 0.15) is 0 Å². The second kappa shape index (κ2) is 7.04. The van der Waals surface area contributed by atoms with E-state index in [0.717, 1.165) is 43.1 Å². The monoisotopic (exact) mass is 364 g/mol. The minimum absolute atomic E-state index is 0.0575. The summed E-state index contributed by atoms with van der Waals surface area (Å²) in [5.41, 5.74) is 4.31. The lowest BCUT2D eigenvalue weighted by Gasteiger charge is -2.34. The van der Waals surface area contributed by atoms with Crippen molar-refractivity contribution < 1.29 is 9.59 Å². The van der Waals surface area contributed by atoms with Crippen LogP contribution in [0.5, 0.6) is 0 Å². The summed E-state index contributed by atoms with van der Waals surface area (Å²) in [5.74, 6) is -0.103. The molecule has 1 fully saturated rings. The van der Waals surface area contributed by atoms with Gasteiger partial charge in [0, 0.05) is 55.9 Å². The second-order valence-corrected chi connectivity index (χ2v) is 7.26. The number of nitrogens with zero attached hydrogens (tertiary/aromatic N) is 3. The summed E-state index contributed by atoms with van der Waals surface area (Å²) < 4.78 is 0. The van der Waals surface area contributed by atoms with Crippen molar-refractivity contribution in [2.24, 2.45) is 0 Å². The van der Waals surface area contributed by atoms with Crippen molar-refractivity contribution in [2.75, 3.05) is 55.4 Å². The fourth-order valence-corrected chi connectivity index (χ4v) is 3.63. The van der Waals surface area contributed by atoms with Crippen LogP contribution in [0.15, 0.2) is 42.5 Å². The van der Waals surface area contributed by atoms with Crippen molar-refractivity contribution in [3.63, 3.8) is 0 Å². The number of rotatable bonds is 3. The molecule has 4 rings (SSSR count). The molecule has 0 atom stereocenters. The van der Waals surface area contributed by atoms with Crippen LogP contribution in [0.25, 0.3) is 0 Å². The predicted octanol–water partition coefficient (Wildman–Crippen LogP) is 2.21. The number of carbonyl (C=O) groups is 2. The number of piperazine rings is 1. The molecule has 0 bridgehead atoms. The van der Waals surface area contributed by atoms with Gasteiger partial charge in [-0.25, -0.2) is 0 Å². The van der Waals surface area contributed by atoms with E-state index >= 15 is 0 Å². The molecule has 0 radical (unpaired) electrons. The molecule has 140 valence electrons. The maximum Gasteiger partial charge on any atom is 0.255 e. The number of carbonyl (C=O) groups excluding carboxylic acids is 2. The molecule has 6 heteroatoms. The molecular formula is C21H24N4O2. The molecule has 2 heterocycles. The average Bonchev–Trinajstić information content (AvgIpc) is 2.96. The molecule has 1 saturated heterocycles. The number of hydrogen-bond donors (Lipinski definition) is 1. The number of anilines is 3. The van der Waals surface area contributed by atoms with Gasteiger partial charge in [-0.1, -0.05) is 0 Å². The zero-order valence-electron chi connectivity index (χ0n) is 15.7. The van der Waals surface area contributed by atoms with E-state index in [-0.39, 0.29) is 11.8 Å². The highest BCUT2D eigenvalue weighted by atomic mass is 16.2. The lowest BCUT2D eigenvalue weighted by atomic mass is 10.1. The van der Waals surface area contributed by atoms with Crippen LogP contribution < -0.4 is 15.1 Å². The molecule has 1 N–H and O–H groups in total. The van der Waals surface area contributed by atoms with E-state index in [9.17, 15) is 9.59 Å². The Morgan fingerprint density at radius 2 is 1.67 bits per heavy atom. The van der Waals surface area contributed by atoms with Gasteiger partial charge >= 0.3 is 0 Å². The van der Waals surface area contributed by atoms with Crippen LogP contribution >= 0.6 is 0 Å². The summed E-state index contributed by atoms with van der Waals surface area (Å²) in [5, 5.41) is 2.94. The van der Waals surface area contributed by atoms with Crippen LogP contribution in [0.2, 0.25) is 0 Å². The summed E-state index contributed by atoms with van der Waals surface area (Å²) in [4.78, 5) is 30.7. The second-order valence-electron chi connectivity index (χ2n) is 7.26. The molecule has 2 amide bonds. The Morgan fingerprint density at radius 1 is 0.963 bits per heavy atom. The number of hydrogen-bond acceptors (Lipinski definition) is 4. The smallest absolute Gasteiger partial charge is 0.255 e. The number of nitrogens with one attached hydrogen (secondary N) is 1. The summed E-state index contributed by atoms with van der Waals surface area (Å²) in [6.07, 6.45) is 0.354. The van der Waals surface area contributed by atoms with Gasteiger partial charge in [-0.05, 0) is 55.1 Å². The third kappa shape index (κ3) is 3.53. The van der Waals surface area contributed by atoms with Crippen molar-refractivity contribution in [3.8, 4) is 0 Å². The molecule has 6 nitrogen and oxygen atoms in total. The van der Waals surface area contributed by atoms with E-state index in [1.165, 1.54) is 5.69 Å². The fraction of sp³-hybridized carbons (Fsp3) is 0.333. The maximum atomic E-state index is 12.6. The molecule has 0 aromatic heterocycles. The van der Waals surface area contributed by atoms with E-state index in [2.05, 4.69) is 34.3 Å². The Kier molecular flexibility index (Phi) is 4.58. The van der Waals surface area contributed by atoms with Gasteiger partial charge in [0.15, 0.2) is 0 Å². The molecule has 0 spiro atoms. The van der Waals surface area contributed by atoms with Gasteiger partial charge in [-0.15, -0.1) is 0 Å². The van der Waals surface area contributed by atoms with E-state index < -0.39 is 0 Å². The zero-order valence-corrected chi connectivity index (χ0v) is 15.7. The molecule has 2 aromatic rings. The Morgan fingerprint density at radius 3 is 2.37 bits per heavy atom. The highest BCUT2D eigenvalue weighted by Crippen LogP contribution is 2.28. The first-order valence-electron chi connectivity index (χ1n) is 9.25. The van der Waals surface area contributed by atoms with Crippen molar-refractivity contribution in [3.05, 3.63) is 53.6 Å². The number of benzene rings is 2. The van der Waals surface area contributed by atoms with Crippen LogP contribution in [0.4, 0.5) is 17.1 Å². The Hall–Kier alpha value is -2.86. The molecule has 2 aliphatic rings. The lowest BCUT2D eigenvalue weighted by Crippen LogP contribution is -2.44. The molecule has 0 unspecified atom stereocenters. The van der Waals surface area contributed by atoms with Crippen LogP contribution in [0.3, 0.4) is 0 Å². The minimum atomic E-state index is -0.160. The molecule has 2 aliphatic heterocycles. The summed E-state index contributed by atoms with van der Waals surface area (Å²) >= 11 is 0. The highest BCUT2D eigenvalue weighted by Gasteiger charge is 2.24. The van der Waals surface area contributed by atoms with Gasteiger partial charge in [0.2, 0.25) is 5.91 Å². The zero-order chi connectivity index (χ0) is 19.0. The first-order valence-corrected chi connectivity index (χ1v) is 9.25. The number of likely N-dealkylation sites (N-methyl/N-ethyl adjacent to an activating group) is 2. The number of fused-ring (bicyclic) bond motifs is 1. The third-order valence-electron chi connectivity index (χ3n) is 5.41. The predicted molar refractivity (Wildman–Crippen MR) is 108 cm³/mol. The van der Waals surface area contributed by atoms with Crippen molar-refractivity contribution in [2.45, 2.75) is 6.42 Å². The first-order chi connectivity index (χ1) is 13.0. The number of amides is 2. The van der Waals surface area contributed by atoms with Crippen LogP contribution in [-0.4, -0.2) is 57.0 Å². The molecular weight excluding hydrogens is 340 g/mol. The molecule has 27 heavy (non-hydrogen) atoms. The third-order valence-corrected chi connectivity index (χ3v) is 5.41. The van der Waals surface area contributed by atoms with Crippen molar-refractivity contribution in [1.29, 1.82) is 0 Å². The average molecular weight is 364 g/mol. The first kappa shape index (κ1) is 17.5. The lowest BCUT2D eigenvalue weighted by molar-refractivity contribution is -0.117. The Balaban J connectivity index is 1.43. The minimum Gasteiger partial charge on any atom is -0.369 e. The maximum absolute atomic E-state index is 12.6. The van der Waals surface area contributed by atoms with Crippen LogP contribution in [-0.2, 0) is 11.2 Å². The Labute approximate surface area is 159 Å². The van der Waals surface area contributed by atoms with Crippen molar-refractivity contribution in [1.82, 2.24) is 4.90 Å². The fourth-order valence-electron chi connectivity index (χ4n) is 3.63. The summed E-state index contributed by atoms with van der Waals surface area (Å²) in [6, 6.07) is 13.4. The summed E-state index contributed by atoms with van der Waals surface area (Å²) in [7, 11) is 3.90. The highest BCUT2D eigenvalue weighted by molar-refractivity contribution is 6.07. The largest absolute Gasteiger partial charge is 0.369 e. The van der Waals surface area contributed by atoms with Crippen LogP contribution in [0.1, 0.15) is 15.9 Å². The van der Waals surface area contributed by atoms with E-state index in [4.69, 9.17) is 0 Å². The molecule has 2 aromatic carbocycles. The molecule has 0 aliphatic carbocycles. The van der Waals surface area contributed by atoms with Gasteiger partial charge in [0.05, 0.1) is 6.42 Å². The normalized spacial score (nSPS) is 17.2. The quantitative estimate of drug-likeness (QED) is 0.907. The van der Waals surface area contributed by atoms with Gasteiger partial charge in [0.25, 0.3) is 5.91 Å². The van der Waals surface area contributed by atoms with Crippen LogP contribution in [0, 0.1) is 0 Å². The SMILES string of the molecule is CN1CCN(c2ccc(NC(=O)c3ccc4c(c3)CC(=O)N4C)cc2)CC1. The van der Waals surface area contributed by atoms with Gasteiger partial charge < -0.3 is 20.0 Å². The van der Waals surface area contributed by atoms with Gasteiger partial charge in [-0.3, -0.25) is 9.59 Å². The van der Waals surface area contributed by atoms with E-state index in [1.807, 2.05) is 24.3 Å². The molecule has 0 saturated carbocycles. The van der Waals surface area contributed by atoms with E-state index in [0.29, 0.717) is 12.0 Å². The standard InChI is InChI=1S/C21H24N4O2/c1-23-9-11-25(12-10-23)18-6-4-17(5-7-18)22-21(27)15-3-8-19-16(13-15)14-20(26)24(19)2/h3-8,13H,9-12,14H2,1-2H3,(H,22,27).